The molecule has 1 aromatic carbocycles. The number of carboxylic acids is 1. The maximum Gasteiger partial charge on any atom is 0.306 e. The fourth-order valence-electron chi connectivity index (χ4n) is 2.35. The van der Waals surface area contributed by atoms with E-state index < -0.39 is 5.97 Å². The van der Waals surface area contributed by atoms with Crippen molar-refractivity contribution >= 4 is 23.5 Å². The van der Waals surface area contributed by atoms with Crippen LogP contribution in [0, 0.1) is 5.92 Å². The Labute approximate surface area is 128 Å². The quantitative estimate of drug-likeness (QED) is 0.907. The van der Waals surface area contributed by atoms with Gasteiger partial charge in [-0.25, -0.2) is 0 Å². The largest absolute Gasteiger partial charge is 0.493 e. The van der Waals surface area contributed by atoms with Crippen LogP contribution in [0.15, 0.2) is 24.3 Å². The molecule has 0 saturated carbocycles. The SMILES string of the molecule is O=C(O)C1CCN(C(=O)CCOc2cccc(Cl)c2)CC1. The van der Waals surface area contributed by atoms with Crippen molar-refractivity contribution < 1.29 is 19.4 Å². The zero-order chi connectivity index (χ0) is 15.2. The van der Waals surface area contributed by atoms with E-state index in [1.165, 1.54) is 0 Å². The Hall–Kier alpha value is -1.75. The Morgan fingerprint density at radius 2 is 2.05 bits per heavy atom. The Balaban J connectivity index is 1.72. The molecule has 1 aromatic rings. The first-order valence-corrected chi connectivity index (χ1v) is 7.33. The van der Waals surface area contributed by atoms with E-state index in [1.54, 1.807) is 29.2 Å². The highest BCUT2D eigenvalue weighted by molar-refractivity contribution is 6.30. The number of amides is 1. The van der Waals surface area contributed by atoms with Crippen molar-refractivity contribution in [2.24, 2.45) is 5.92 Å². The minimum atomic E-state index is -0.772. The van der Waals surface area contributed by atoms with Crippen molar-refractivity contribution in [1.82, 2.24) is 4.90 Å². The number of hydrogen-bond acceptors (Lipinski definition) is 3. The lowest BCUT2D eigenvalue weighted by atomic mass is 9.97. The maximum atomic E-state index is 12.0. The van der Waals surface area contributed by atoms with E-state index in [-0.39, 0.29) is 24.9 Å². The third-order valence-electron chi connectivity index (χ3n) is 3.58. The number of carbonyl (C=O) groups excluding carboxylic acids is 1. The number of aliphatic carboxylic acids is 1. The van der Waals surface area contributed by atoms with Crippen molar-refractivity contribution in [2.75, 3.05) is 19.7 Å². The summed E-state index contributed by atoms with van der Waals surface area (Å²) in [7, 11) is 0. The topological polar surface area (TPSA) is 66.8 Å². The number of halogens is 1. The summed E-state index contributed by atoms with van der Waals surface area (Å²) in [5.41, 5.74) is 0. The predicted molar refractivity (Wildman–Crippen MR) is 78.5 cm³/mol. The van der Waals surface area contributed by atoms with Gasteiger partial charge >= 0.3 is 5.97 Å². The van der Waals surface area contributed by atoms with Crippen LogP contribution in [0.1, 0.15) is 19.3 Å². The lowest BCUT2D eigenvalue weighted by molar-refractivity contribution is -0.145. The van der Waals surface area contributed by atoms with Gasteiger partial charge in [0, 0.05) is 18.1 Å². The van der Waals surface area contributed by atoms with Crippen molar-refractivity contribution in [3.05, 3.63) is 29.3 Å². The van der Waals surface area contributed by atoms with Gasteiger partial charge in [-0.3, -0.25) is 9.59 Å². The van der Waals surface area contributed by atoms with Gasteiger partial charge in [-0.1, -0.05) is 17.7 Å². The van der Waals surface area contributed by atoms with Crippen LogP contribution in [0.4, 0.5) is 0 Å². The zero-order valence-corrected chi connectivity index (χ0v) is 12.4. The standard InChI is InChI=1S/C15H18ClNO4/c16-12-2-1-3-13(10-12)21-9-6-14(18)17-7-4-11(5-8-17)15(19)20/h1-3,10-11H,4-9H2,(H,19,20). The molecule has 0 unspecified atom stereocenters. The molecule has 0 radical (unpaired) electrons. The molecule has 1 fully saturated rings. The summed E-state index contributed by atoms with van der Waals surface area (Å²) >= 11 is 5.84. The molecule has 0 aliphatic carbocycles. The minimum Gasteiger partial charge on any atom is -0.493 e. The van der Waals surface area contributed by atoms with E-state index >= 15 is 0 Å². The highest BCUT2D eigenvalue weighted by Gasteiger charge is 2.26. The molecular weight excluding hydrogens is 294 g/mol. The number of hydrogen-bond donors (Lipinski definition) is 1. The van der Waals surface area contributed by atoms with Crippen LogP contribution < -0.4 is 4.74 Å². The van der Waals surface area contributed by atoms with Crippen LogP contribution in [-0.4, -0.2) is 41.6 Å². The van der Waals surface area contributed by atoms with Crippen molar-refractivity contribution in [1.29, 1.82) is 0 Å². The van der Waals surface area contributed by atoms with Crippen molar-refractivity contribution in [2.45, 2.75) is 19.3 Å². The number of carbonyl (C=O) groups is 2. The summed E-state index contributed by atoms with van der Waals surface area (Å²) in [6.07, 6.45) is 1.33. The average Bonchev–Trinajstić information content (AvgIpc) is 2.47. The van der Waals surface area contributed by atoms with Gasteiger partial charge in [0.25, 0.3) is 0 Å². The second kappa shape index (κ2) is 7.31. The molecule has 114 valence electrons. The first kappa shape index (κ1) is 15.6. The molecule has 21 heavy (non-hydrogen) atoms. The molecule has 1 heterocycles. The van der Waals surface area contributed by atoms with Gasteiger partial charge in [0.2, 0.25) is 5.91 Å². The summed E-state index contributed by atoms with van der Waals surface area (Å²) in [5, 5.41) is 9.51. The van der Waals surface area contributed by atoms with Gasteiger partial charge in [-0.2, -0.15) is 0 Å². The number of nitrogens with zero attached hydrogens (tertiary/aromatic N) is 1. The van der Waals surface area contributed by atoms with Crippen LogP contribution in [0.5, 0.6) is 5.75 Å². The smallest absolute Gasteiger partial charge is 0.306 e. The maximum absolute atomic E-state index is 12.0. The molecule has 2 rings (SSSR count). The first-order valence-electron chi connectivity index (χ1n) is 6.95. The number of carboxylic acid groups (broad SMARTS) is 1. The highest BCUT2D eigenvalue weighted by Crippen LogP contribution is 2.19. The van der Waals surface area contributed by atoms with Gasteiger partial charge in [-0.15, -0.1) is 0 Å². The van der Waals surface area contributed by atoms with Crippen molar-refractivity contribution in [3.63, 3.8) is 0 Å². The molecule has 1 N–H and O–H groups in total. The summed E-state index contributed by atoms with van der Waals surface area (Å²) < 4.78 is 5.48. The molecule has 5 nitrogen and oxygen atoms in total. The van der Waals surface area contributed by atoms with Crippen molar-refractivity contribution in [3.8, 4) is 5.75 Å². The molecule has 0 bridgehead atoms. The number of rotatable bonds is 5. The molecule has 0 atom stereocenters. The summed E-state index contributed by atoms with van der Waals surface area (Å²) in [4.78, 5) is 24.6. The van der Waals surface area contributed by atoms with E-state index in [2.05, 4.69) is 0 Å². The van der Waals surface area contributed by atoms with Gasteiger partial charge < -0.3 is 14.7 Å². The zero-order valence-electron chi connectivity index (χ0n) is 11.6. The number of piperidine rings is 1. The molecule has 0 aromatic heterocycles. The second-order valence-electron chi connectivity index (χ2n) is 5.05. The number of benzene rings is 1. The van der Waals surface area contributed by atoms with E-state index in [0.717, 1.165) is 0 Å². The molecule has 1 saturated heterocycles. The fourth-order valence-corrected chi connectivity index (χ4v) is 2.53. The molecule has 1 aliphatic rings. The fraction of sp³-hybridized carbons (Fsp3) is 0.467. The van der Waals surface area contributed by atoms with Gasteiger partial charge in [0.05, 0.1) is 18.9 Å². The predicted octanol–water partition coefficient (Wildman–Crippen LogP) is 2.43. The van der Waals surface area contributed by atoms with Crippen LogP contribution >= 0.6 is 11.6 Å². The monoisotopic (exact) mass is 311 g/mol. The van der Waals surface area contributed by atoms with Crippen LogP contribution in [0.25, 0.3) is 0 Å². The van der Waals surface area contributed by atoms with Crippen LogP contribution in [-0.2, 0) is 9.59 Å². The van der Waals surface area contributed by atoms with Crippen LogP contribution in [0.2, 0.25) is 5.02 Å². The number of ether oxygens (including phenoxy) is 1. The van der Waals surface area contributed by atoms with E-state index in [4.69, 9.17) is 21.4 Å². The van der Waals surface area contributed by atoms with E-state index in [0.29, 0.717) is 36.7 Å². The van der Waals surface area contributed by atoms with E-state index in [1.807, 2.05) is 0 Å². The highest BCUT2D eigenvalue weighted by atomic mass is 35.5. The lowest BCUT2D eigenvalue weighted by Gasteiger charge is -2.30. The Morgan fingerprint density at radius 1 is 1.33 bits per heavy atom. The Kier molecular flexibility index (Phi) is 5.44. The van der Waals surface area contributed by atoms with Gasteiger partial charge in [-0.05, 0) is 31.0 Å². The van der Waals surface area contributed by atoms with Gasteiger partial charge in [0.15, 0.2) is 0 Å². The molecule has 1 aliphatic heterocycles. The number of likely N-dealkylation sites (tertiary alicyclic amines) is 1. The molecule has 1 amide bonds. The summed E-state index contributed by atoms with van der Waals surface area (Å²) in [5.74, 6) is -0.455. The third kappa shape index (κ3) is 4.63. The molecule has 0 spiro atoms. The summed E-state index contributed by atoms with van der Waals surface area (Å²) in [6, 6.07) is 7.03. The molecule has 6 heteroatoms. The van der Waals surface area contributed by atoms with E-state index in [9.17, 15) is 9.59 Å². The normalized spacial score (nSPS) is 15.8. The Morgan fingerprint density at radius 3 is 2.67 bits per heavy atom. The van der Waals surface area contributed by atoms with Crippen LogP contribution in [0.3, 0.4) is 0 Å². The average molecular weight is 312 g/mol. The lowest BCUT2D eigenvalue weighted by Crippen LogP contribution is -2.40. The summed E-state index contributed by atoms with van der Waals surface area (Å²) in [6.45, 7) is 1.30. The second-order valence-corrected chi connectivity index (χ2v) is 5.49. The minimum absolute atomic E-state index is 0.000803. The molecular formula is C15H18ClNO4. The van der Waals surface area contributed by atoms with Gasteiger partial charge in [0.1, 0.15) is 5.75 Å². The first-order chi connectivity index (χ1) is 10.1. The third-order valence-corrected chi connectivity index (χ3v) is 3.81. The Bertz CT molecular complexity index is 512.